The molecule has 1 N–H and O–H groups in total. The van der Waals surface area contributed by atoms with Crippen LogP contribution in [-0.2, 0) is 0 Å². The Hall–Kier alpha value is -2.19. The van der Waals surface area contributed by atoms with E-state index in [2.05, 4.69) is 61.6 Å². The van der Waals surface area contributed by atoms with Crippen molar-refractivity contribution < 1.29 is 4.39 Å². The molecule has 0 saturated carbocycles. The van der Waals surface area contributed by atoms with Crippen LogP contribution in [0.4, 0.5) is 4.39 Å². The second kappa shape index (κ2) is 6.29. The number of halogens is 1. The highest BCUT2D eigenvalue weighted by Crippen LogP contribution is 2.26. The van der Waals surface area contributed by atoms with Crippen molar-refractivity contribution in [3.63, 3.8) is 0 Å². The van der Waals surface area contributed by atoms with E-state index in [1.54, 1.807) is 12.1 Å². The van der Waals surface area contributed by atoms with Gasteiger partial charge < -0.3 is 5.32 Å². The van der Waals surface area contributed by atoms with Crippen molar-refractivity contribution in [1.29, 1.82) is 0 Å². The van der Waals surface area contributed by atoms with E-state index < -0.39 is 0 Å². The lowest BCUT2D eigenvalue weighted by atomic mass is 9.98. The first-order valence-corrected chi connectivity index (χ1v) is 7.64. The van der Waals surface area contributed by atoms with Gasteiger partial charge in [-0.05, 0) is 47.9 Å². The molecule has 0 aliphatic carbocycles. The molecule has 0 aromatic heterocycles. The summed E-state index contributed by atoms with van der Waals surface area (Å²) in [5.74, 6) is -0.191. The molecule has 0 amide bonds. The zero-order valence-electron chi connectivity index (χ0n) is 12.9. The fourth-order valence-corrected chi connectivity index (χ4v) is 2.96. The summed E-state index contributed by atoms with van der Waals surface area (Å²) in [5, 5.41) is 6.07. The zero-order chi connectivity index (χ0) is 15.5. The van der Waals surface area contributed by atoms with Crippen molar-refractivity contribution in [2.75, 3.05) is 0 Å². The van der Waals surface area contributed by atoms with Crippen molar-refractivity contribution in [2.24, 2.45) is 0 Å². The predicted molar refractivity (Wildman–Crippen MR) is 90.3 cm³/mol. The normalized spacial score (nSPS) is 14.0. The highest BCUT2D eigenvalue weighted by Gasteiger charge is 2.13. The summed E-state index contributed by atoms with van der Waals surface area (Å²) in [4.78, 5) is 0. The molecule has 2 atom stereocenters. The van der Waals surface area contributed by atoms with E-state index >= 15 is 0 Å². The minimum absolute atomic E-state index is 0.0877. The van der Waals surface area contributed by atoms with Crippen LogP contribution in [0.2, 0.25) is 0 Å². The van der Waals surface area contributed by atoms with Gasteiger partial charge in [-0.3, -0.25) is 0 Å². The van der Waals surface area contributed by atoms with Gasteiger partial charge >= 0.3 is 0 Å². The number of hydrogen-bond donors (Lipinski definition) is 1. The number of nitrogens with one attached hydrogen (secondary N) is 1. The monoisotopic (exact) mass is 293 g/mol. The van der Waals surface area contributed by atoms with E-state index in [4.69, 9.17) is 0 Å². The van der Waals surface area contributed by atoms with Crippen LogP contribution in [0.3, 0.4) is 0 Å². The molecule has 0 aliphatic rings. The van der Waals surface area contributed by atoms with Crippen molar-refractivity contribution in [3.05, 3.63) is 83.7 Å². The Morgan fingerprint density at radius 3 is 2.36 bits per heavy atom. The third-order valence-corrected chi connectivity index (χ3v) is 4.14. The lowest BCUT2D eigenvalue weighted by Gasteiger charge is -2.22. The molecule has 0 radical (unpaired) electrons. The van der Waals surface area contributed by atoms with E-state index in [0.717, 1.165) is 5.56 Å². The van der Waals surface area contributed by atoms with Crippen LogP contribution < -0.4 is 5.32 Å². The summed E-state index contributed by atoms with van der Waals surface area (Å²) in [6.07, 6.45) is 0. The molecule has 22 heavy (non-hydrogen) atoms. The first-order chi connectivity index (χ1) is 10.6. The zero-order valence-corrected chi connectivity index (χ0v) is 12.9. The molecule has 2 heteroatoms. The predicted octanol–water partition coefficient (Wildman–Crippen LogP) is 5.39. The van der Waals surface area contributed by atoms with Gasteiger partial charge in [-0.1, -0.05) is 54.6 Å². The van der Waals surface area contributed by atoms with Crippen molar-refractivity contribution in [1.82, 2.24) is 5.32 Å². The van der Waals surface area contributed by atoms with Gasteiger partial charge in [0.15, 0.2) is 0 Å². The fraction of sp³-hybridized carbons (Fsp3) is 0.200. The number of benzene rings is 3. The highest BCUT2D eigenvalue weighted by molar-refractivity contribution is 5.86. The second-order valence-corrected chi connectivity index (χ2v) is 5.73. The lowest BCUT2D eigenvalue weighted by molar-refractivity contribution is 0.494. The summed E-state index contributed by atoms with van der Waals surface area (Å²) in [6.45, 7) is 4.22. The van der Waals surface area contributed by atoms with Crippen LogP contribution in [-0.4, -0.2) is 0 Å². The van der Waals surface area contributed by atoms with Gasteiger partial charge in [0.2, 0.25) is 0 Å². The van der Waals surface area contributed by atoms with Crippen molar-refractivity contribution in [2.45, 2.75) is 25.9 Å². The molecule has 0 bridgehead atoms. The van der Waals surface area contributed by atoms with Gasteiger partial charge in [-0.25, -0.2) is 4.39 Å². The molecule has 2 unspecified atom stereocenters. The van der Waals surface area contributed by atoms with E-state index in [1.807, 2.05) is 6.07 Å². The molecular formula is C20H20FN. The molecule has 112 valence electrons. The Morgan fingerprint density at radius 1 is 0.818 bits per heavy atom. The van der Waals surface area contributed by atoms with Crippen molar-refractivity contribution >= 4 is 10.8 Å². The third kappa shape index (κ3) is 3.02. The standard InChI is InChI=1S/C20H20FN/c1-14(17-9-5-10-18(21)13-17)22-15(2)19-12-6-8-16-7-3-4-11-20(16)19/h3-15,22H,1-2H3. The summed E-state index contributed by atoms with van der Waals surface area (Å²) < 4.78 is 13.4. The largest absolute Gasteiger partial charge is 0.304 e. The van der Waals surface area contributed by atoms with Gasteiger partial charge in [-0.2, -0.15) is 0 Å². The second-order valence-electron chi connectivity index (χ2n) is 5.73. The van der Waals surface area contributed by atoms with Crippen LogP contribution in [0.5, 0.6) is 0 Å². The smallest absolute Gasteiger partial charge is 0.123 e. The maximum Gasteiger partial charge on any atom is 0.123 e. The highest BCUT2D eigenvalue weighted by atomic mass is 19.1. The van der Waals surface area contributed by atoms with Crippen LogP contribution in [0.1, 0.15) is 37.1 Å². The van der Waals surface area contributed by atoms with Crippen molar-refractivity contribution in [3.8, 4) is 0 Å². The topological polar surface area (TPSA) is 12.0 Å². The van der Waals surface area contributed by atoms with Gasteiger partial charge in [0.25, 0.3) is 0 Å². The molecular weight excluding hydrogens is 273 g/mol. The summed E-state index contributed by atoms with van der Waals surface area (Å²) in [7, 11) is 0. The maximum atomic E-state index is 13.4. The number of hydrogen-bond acceptors (Lipinski definition) is 1. The van der Waals surface area contributed by atoms with Gasteiger partial charge in [0.05, 0.1) is 0 Å². The van der Waals surface area contributed by atoms with Crippen LogP contribution >= 0.6 is 0 Å². The van der Waals surface area contributed by atoms with Gasteiger partial charge in [-0.15, -0.1) is 0 Å². The summed E-state index contributed by atoms with van der Waals surface area (Å²) >= 11 is 0. The Kier molecular flexibility index (Phi) is 4.21. The number of rotatable bonds is 4. The first kappa shape index (κ1) is 14.7. The molecule has 1 nitrogen and oxygen atoms in total. The maximum absolute atomic E-state index is 13.4. The molecule has 0 fully saturated rings. The molecule has 0 heterocycles. The average molecular weight is 293 g/mol. The fourth-order valence-electron chi connectivity index (χ4n) is 2.96. The molecule has 3 aromatic rings. The quantitative estimate of drug-likeness (QED) is 0.680. The van der Waals surface area contributed by atoms with Gasteiger partial charge in [0, 0.05) is 12.1 Å². The minimum atomic E-state index is -0.191. The third-order valence-electron chi connectivity index (χ3n) is 4.14. The molecule has 3 aromatic carbocycles. The SMILES string of the molecule is CC(NC(C)c1cccc2ccccc12)c1cccc(F)c1. The minimum Gasteiger partial charge on any atom is -0.304 e. The Labute approximate surface area is 130 Å². The van der Waals surface area contributed by atoms with Crippen LogP contribution in [0.25, 0.3) is 10.8 Å². The lowest BCUT2D eigenvalue weighted by Crippen LogP contribution is -2.22. The molecule has 0 aliphatic heterocycles. The van der Waals surface area contributed by atoms with E-state index in [0.29, 0.717) is 0 Å². The Balaban J connectivity index is 1.85. The van der Waals surface area contributed by atoms with E-state index in [1.165, 1.54) is 22.4 Å². The Morgan fingerprint density at radius 2 is 1.55 bits per heavy atom. The van der Waals surface area contributed by atoms with E-state index in [9.17, 15) is 4.39 Å². The van der Waals surface area contributed by atoms with Crippen LogP contribution in [0, 0.1) is 5.82 Å². The summed E-state index contributed by atoms with van der Waals surface area (Å²) in [6, 6.07) is 21.8. The molecule has 3 rings (SSSR count). The Bertz CT molecular complexity index is 776. The van der Waals surface area contributed by atoms with Gasteiger partial charge in [0.1, 0.15) is 5.82 Å². The van der Waals surface area contributed by atoms with Crippen LogP contribution in [0.15, 0.2) is 66.7 Å². The number of fused-ring (bicyclic) bond motifs is 1. The molecule has 0 spiro atoms. The average Bonchev–Trinajstić information content (AvgIpc) is 2.54. The molecule has 0 saturated heterocycles. The first-order valence-electron chi connectivity index (χ1n) is 7.64. The summed E-state index contributed by atoms with van der Waals surface area (Å²) in [5.41, 5.74) is 2.23. The van der Waals surface area contributed by atoms with E-state index in [-0.39, 0.29) is 17.9 Å².